The largest absolute Gasteiger partial charge is 0.711 e. The fraction of sp³-hybridized carbons (Fsp3) is 0.267. The third kappa shape index (κ3) is 2.37. The van der Waals surface area contributed by atoms with Crippen LogP contribution in [0.4, 0.5) is 0 Å². The average Bonchev–Trinajstić information content (AvgIpc) is 2.83. The second-order valence-electron chi connectivity index (χ2n) is 5.50. The summed E-state index contributed by atoms with van der Waals surface area (Å²) in [7, 11) is -2.06. The normalized spacial score (nSPS) is 12.0. The second-order valence-corrected chi connectivity index (χ2v) is 7.74. The highest BCUT2D eigenvalue weighted by Crippen LogP contribution is 2.26. The van der Waals surface area contributed by atoms with E-state index in [4.69, 9.17) is 0 Å². The lowest BCUT2D eigenvalue weighted by atomic mass is 10.3. The Kier molecular flexibility index (Phi) is 3.67. The Hall–Kier alpha value is -2.68. The van der Waals surface area contributed by atoms with Gasteiger partial charge in [-0.1, -0.05) is 6.92 Å². The van der Waals surface area contributed by atoms with Crippen molar-refractivity contribution >= 4 is 21.0 Å². The fourth-order valence-corrected chi connectivity index (χ4v) is 3.74. The van der Waals surface area contributed by atoms with E-state index in [-0.39, 0.29) is 27.8 Å². The van der Waals surface area contributed by atoms with Gasteiger partial charge >= 0.3 is 11.3 Å². The molecule has 0 bridgehead atoms. The Balaban J connectivity index is 2.42. The number of hydrogen-bond acceptors (Lipinski definition) is 5. The van der Waals surface area contributed by atoms with E-state index in [1.807, 2.05) is 0 Å². The van der Waals surface area contributed by atoms with E-state index >= 15 is 0 Å². The van der Waals surface area contributed by atoms with E-state index in [1.165, 1.54) is 36.0 Å². The van der Waals surface area contributed by atoms with Crippen molar-refractivity contribution in [3.8, 4) is 11.5 Å². The maximum absolute atomic E-state index is 12.3. The van der Waals surface area contributed by atoms with E-state index in [0.29, 0.717) is 20.5 Å². The van der Waals surface area contributed by atoms with Crippen molar-refractivity contribution in [3.63, 3.8) is 0 Å². The molecule has 0 fully saturated rings. The zero-order valence-corrected chi connectivity index (χ0v) is 14.2. The van der Waals surface area contributed by atoms with Crippen LogP contribution < -0.4 is 9.46 Å². The number of fused-ring (bicyclic) bond motifs is 1. The summed E-state index contributed by atoms with van der Waals surface area (Å²) in [6.45, 7) is 3.26. The van der Waals surface area contributed by atoms with Gasteiger partial charge in [0.1, 0.15) is 4.90 Å². The second kappa shape index (κ2) is 5.45. The summed E-state index contributed by atoms with van der Waals surface area (Å²) in [6.07, 6.45) is 2.60. The van der Waals surface area contributed by atoms with E-state index in [0.717, 1.165) is 0 Å². The molecule has 0 aliphatic heterocycles. The van der Waals surface area contributed by atoms with Crippen molar-refractivity contribution in [1.82, 2.24) is 9.55 Å². The molecular weight excluding hydrogens is 332 g/mol. The quantitative estimate of drug-likeness (QED) is 0.509. The van der Waals surface area contributed by atoms with Crippen molar-refractivity contribution in [1.29, 1.82) is 0 Å². The molecule has 0 aromatic carbocycles. The van der Waals surface area contributed by atoms with E-state index in [1.54, 1.807) is 20.0 Å². The first-order valence-corrected chi connectivity index (χ1v) is 8.93. The lowest BCUT2D eigenvalue weighted by Gasteiger charge is -2.08. The molecule has 0 saturated heterocycles. The lowest BCUT2D eigenvalue weighted by Crippen LogP contribution is -2.32. The summed E-state index contributed by atoms with van der Waals surface area (Å²) >= 11 is 0. The number of pyridine rings is 2. The van der Waals surface area contributed by atoms with E-state index in [9.17, 15) is 18.8 Å². The first-order valence-electron chi connectivity index (χ1n) is 7.28. The number of aromatic nitrogens is 4. The van der Waals surface area contributed by atoms with Crippen LogP contribution in [0.3, 0.4) is 0 Å². The van der Waals surface area contributed by atoms with Gasteiger partial charge in [-0.15, -0.1) is 0 Å². The van der Waals surface area contributed by atoms with Crippen LogP contribution >= 0.6 is 0 Å². The van der Waals surface area contributed by atoms with Gasteiger partial charge in [-0.25, -0.2) is 17.7 Å². The first-order chi connectivity index (χ1) is 11.3. The minimum Gasteiger partial charge on any atom is -0.711 e. The zero-order chi connectivity index (χ0) is 17.6. The predicted molar refractivity (Wildman–Crippen MR) is 86.5 cm³/mol. The van der Waals surface area contributed by atoms with Gasteiger partial charge in [0.15, 0.2) is 21.6 Å². The molecule has 9 heteroatoms. The molecule has 0 saturated carbocycles. The van der Waals surface area contributed by atoms with Crippen LogP contribution in [0.1, 0.15) is 12.5 Å². The van der Waals surface area contributed by atoms with Crippen LogP contribution in [0.25, 0.3) is 22.7 Å². The van der Waals surface area contributed by atoms with E-state index < -0.39 is 9.84 Å². The highest BCUT2D eigenvalue weighted by molar-refractivity contribution is 7.91. The number of imidazole rings is 1. The van der Waals surface area contributed by atoms with Crippen molar-refractivity contribution in [3.05, 3.63) is 46.6 Å². The topological polar surface area (TPSA) is 106 Å². The SMILES string of the molecule is CCS(=O)(=O)c1ccc[n+]([O-])c1-c1nc2cc(C)c[n+]([O-])c2n1C. The first kappa shape index (κ1) is 16.2. The Morgan fingerprint density at radius 3 is 2.67 bits per heavy atom. The van der Waals surface area contributed by atoms with Gasteiger partial charge in [0.05, 0.1) is 19.0 Å². The van der Waals surface area contributed by atoms with Crippen LogP contribution in [0.15, 0.2) is 35.5 Å². The fourth-order valence-electron chi connectivity index (χ4n) is 2.67. The highest BCUT2D eigenvalue weighted by Gasteiger charge is 2.32. The molecule has 0 aliphatic rings. The maximum Gasteiger partial charge on any atom is 0.312 e. The van der Waals surface area contributed by atoms with Crippen molar-refractivity contribution in [2.24, 2.45) is 7.05 Å². The number of hydrogen-bond donors (Lipinski definition) is 0. The summed E-state index contributed by atoms with van der Waals surface area (Å²) in [5.41, 5.74) is 1.27. The molecule has 0 atom stereocenters. The lowest BCUT2D eigenvalue weighted by molar-refractivity contribution is -0.596. The van der Waals surface area contributed by atoms with Gasteiger partial charge in [-0.05, 0) is 24.6 Å². The molecule has 24 heavy (non-hydrogen) atoms. The molecule has 8 nitrogen and oxygen atoms in total. The van der Waals surface area contributed by atoms with Crippen molar-refractivity contribution in [2.75, 3.05) is 5.75 Å². The standard InChI is InChI=1S/C15H16N4O4S/c1-4-24(22,23)12-6-5-7-18(20)13(12)14-16-11-8-10(2)9-19(21)15(11)17(14)3/h5-9H,4H2,1-3H3. The summed E-state index contributed by atoms with van der Waals surface area (Å²) in [5, 5.41) is 24.4. The minimum absolute atomic E-state index is 0.0873. The summed E-state index contributed by atoms with van der Waals surface area (Å²) in [6, 6.07) is 4.46. The number of aryl methyl sites for hydroxylation is 2. The van der Waals surface area contributed by atoms with Gasteiger partial charge in [0, 0.05) is 6.07 Å². The van der Waals surface area contributed by atoms with Crippen LogP contribution in [0.2, 0.25) is 0 Å². The van der Waals surface area contributed by atoms with Crippen LogP contribution in [0, 0.1) is 17.3 Å². The third-order valence-electron chi connectivity index (χ3n) is 3.83. The van der Waals surface area contributed by atoms with Crippen LogP contribution in [0.5, 0.6) is 0 Å². The van der Waals surface area contributed by atoms with Gasteiger partial charge in [0.2, 0.25) is 0 Å². The molecule has 0 radical (unpaired) electrons. The Morgan fingerprint density at radius 2 is 2.00 bits per heavy atom. The minimum atomic E-state index is -3.63. The monoisotopic (exact) mass is 348 g/mol. The van der Waals surface area contributed by atoms with E-state index in [2.05, 4.69) is 4.98 Å². The molecule has 3 aromatic rings. The third-order valence-corrected chi connectivity index (χ3v) is 5.59. The molecule has 126 valence electrons. The average molecular weight is 348 g/mol. The Bertz CT molecular complexity index is 1060. The number of sulfone groups is 1. The molecule has 0 amide bonds. The molecular formula is C15H16N4O4S. The maximum atomic E-state index is 12.3. The zero-order valence-electron chi connectivity index (χ0n) is 13.4. The molecule has 0 aliphatic carbocycles. The van der Waals surface area contributed by atoms with Crippen LogP contribution in [-0.4, -0.2) is 23.7 Å². The summed E-state index contributed by atoms with van der Waals surface area (Å²) in [5.74, 6) is -0.0166. The van der Waals surface area contributed by atoms with Gasteiger partial charge in [0.25, 0.3) is 5.82 Å². The molecule has 0 spiro atoms. The smallest absolute Gasteiger partial charge is 0.312 e. The Morgan fingerprint density at radius 1 is 1.29 bits per heavy atom. The Labute approximate surface area is 138 Å². The molecule has 3 rings (SSSR count). The van der Waals surface area contributed by atoms with Crippen molar-refractivity contribution < 1.29 is 17.9 Å². The summed E-state index contributed by atoms with van der Waals surface area (Å²) in [4.78, 5) is 4.23. The highest BCUT2D eigenvalue weighted by atomic mass is 32.2. The molecule has 0 unspecified atom stereocenters. The summed E-state index contributed by atoms with van der Waals surface area (Å²) < 4.78 is 27.2. The van der Waals surface area contributed by atoms with Crippen LogP contribution in [-0.2, 0) is 16.9 Å². The van der Waals surface area contributed by atoms with Gasteiger partial charge < -0.3 is 10.4 Å². The number of rotatable bonds is 3. The van der Waals surface area contributed by atoms with Crippen molar-refractivity contribution in [2.45, 2.75) is 18.7 Å². The molecule has 3 aromatic heterocycles. The predicted octanol–water partition coefficient (Wildman–Crippen LogP) is 0.609. The molecule has 0 N–H and O–H groups in total. The van der Waals surface area contributed by atoms with Gasteiger partial charge in [-0.2, -0.15) is 9.71 Å². The molecule has 3 heterocycles. The van der Waals surface area contributed by atoms with Gasteiger partial charge in [-0.3, -0.25) is 0 Å². The number of nitrogens with zero attached hydrogens (tertiary/aromatic N) is 4.